The van der Waals surface area contributed by atoms with Crippen LogP contribution in [0.5, 0.6) is 0 Å². The van der Waals surface area contributed by atoms with Gasteiger partial charge in [0.25, 0.3) is 0 Å². The summed E-state index contributed by atoms with van der Waals surface area (Å²) in [6, 6.07) is 0.239. The lowest BCUT2D eigenvalue weighted by molar-refractivity contribution is -0.128. The highest BCUT2D eigenvalue weighted by Gasteiger charge is 2.39. The Bertz CT molecular complexity index is 420. The highest BCUT2D eigenvalue weighted by molar-refractivity contribution is 5.80. The van der Waals surface area contributed by atoms with Gasteiger partial charge in [-0.05, 0) is 19.1 Å². The molecule has 3 heteroatoms. The van der Waals surface area contributed by atoms with Crippen molar-refractivity contribution < 1.29 is 9.53 Å². The van der Waals surface area contributed by atoms with Crippen molar-refractivity contribution in [3.63, 3.8) is 0 Å². The summed E-state index contributed by atoms with van der Waals surface area (Å²) in [5.41, 5.74) is 1.13. The minimum atomic E-state index is 0.239. The third kappa shape index (κ3) is 1.31. The van der Waals surface area contributed by atoms with Gasteiger partial charge in [-0.2, -0.15) is 0 Å². The second-order valence-electron chi connectivity index (χ2n) is 4.40. The normalized spacial score (nSPS) is 31.6. The molecule has 84 valence electrons. The van der Waals surface area contributed by atoms with Crippen molar-refractivity contribution in [1.29, 1.82) is 0 Å². The van der Waals surface area contributed by atoms with Crippen LogP contribution in [-0.2, 0) is 9.53 Å². The van der Waals surface area contributed by atoms with Crippen molar-refractivity contribution in [2.45, 2.75) is 19.4 Å². The van der Waals surface area contributed by atoms with Crippen molar-refractivity contribution in [1.82, 2.24) is 4.90 Å². The van der Waals surface area contributed by atoms with Gasteiger partial charge in [-0.15, -0.1) is 0 Å². The van der Waals surface area contributed by atoms with Gasteiger partial charge in [-0.3, -0.25) is 4.79 Å². The second kappa shape index (κ2) is 3.51. The number of rotatable bonds is 1. The van der Waals surface area contributed by atoms with Gasteiger partial charge >= 0.3 is 0 Å². The van der Waals surface area contributed by atoms with Crippen LogP contribution in [0, 0.1) is 5.92 Å². The third-order valence-electron chi connectivity index (χ3n) is 3.50. The Balaban J connectivity index is 1.97. The Morgan fingerprint density at radius 3 is 3.19 bits per heavy atom. The molecule has 1 fully saturated rings. The molecular weight excluding hydrogens is 202 g/mol. The van der Waals surface area contributed by atoms with E-state index < -0.39 is 0 Å². The lowest BCUT2D eigenvalue weighted by Crippen LogP contribution is -2.35. The summed E-state index contributed by atoms with van der Waals surface area (Å²) in [6.45, 7) is 3.47. The number of carbonyl (C=O) groups is 1. The zero-order valence-electron chi connectivity index (χ0n) is 9.35. The Morgan fingerprint density at radius 1 is 1.50 bits per heavy atom. The Morgan fingerprint density at radius 2 is 2.38 bits per heavy atom. The Kier molecular flexibility index (Phi) is 2.13. The van der Waals surface area contributed by atoms with Gasteiger partial charge in [-0.25, -0.2) is 0 Å². The minimum absolute atomic E-state index is 0.239. The molecule has 16 heavy (non-hydrogen) atoms. The summed E-state index contributed by atoms with van der Waals surface area (Å²) in [5, 5.41) is 0. The van der Waals surface area contributed by atoms with Crippen LogP contribution in [0.25, 0.3) is 0 Å². The third-order valence-corrected chi connectivity index (χ3v) is 3.50. The molecule has 3 nitrogen and oxygen atoms in total. The van der Waals surface area contributed by atoms with Gasteiger partial charge < -0.3 is 9.64 Å². The van der Waals surface area contributed by atoms with E-state index in [4.69, 9.17) is 4.74 Å². The van der Waals surface area contributed by atoms with E-state index in [0.717, 1.165) is 17.9 Å². The number of likely N-dealkylation sites (tertiary alicyclic amines) is 1. The average Bonchev–Trinajstić information content (AvgIpc) is 2.60. The van der Waals surface area contributed by atoms with E-state index in [1.165, 1.54) is 0 Å². The summed E-state index contributed by atoms with van der Waals surface area (Å²) in [5.74, 6) is 1.51. The summed E-state index contributed by atoms with van der Waals surface area (Å²) in [7, 11) is 0. The number of allylic oxidation sites excluding steroid dienone is 1. The van der Waals surface area contributed by atoms with Crippen LogP contribution in [0.15, 0.2) is 35.6 Å². The predicted octanol–water partition coefficient (Wildman–Crippen LogP) is 1.63. The van der Waals surface area contributed by atoms with E-state index in [1.807, 2.05) is 17.9 Å². The first-order chi connectivity index (χ1) is 7.79. The highest BCUT2D eigenvalue weighted by atomic mass is 16.5. The number of likely N-dealkylation sites (N-methyl/N-ethyl adjacent to an activating group) is 1. The molecule has 0 aromatic rings. The molecule has 2 atom stereocenters. The zero-order chi connectivity index (χ0) is 11.1. The van der Waals surface area contributed by atoms with Crippen LogP contribution in [0.2, 0.25) is 0 Å². The fraction of sp³-hybridized carbons (Fsp3) is 0.462. The Hall–Kier alpha value is -1.51. The first kappa shape index (κ1) is 9.70. The zero-order valence-corrected chi connectivity index (χ0v) is 9.35. The molecule has 0 radical (unpaired) electrons. The van der Waals surface area contributed by atoms with Crippen LogP contribution in [0.1, 0.15) is 13.3 Å². The topological polar surface area (TPSA) is 29.5 Å². The molecule has 0 aromatic carbocycles. The maximum atomic E-state index is 11.8. The fourth-order valence-electron chi connectivity index (χ4n) is 2.73. The SMILES string of the molecule is CCN1C(=O)CC2C=C3OCC=CC3=CC21. The number of ether oxygens (including phenoxy) is 1. The van der Waals surface area contributed by atoms with Crippen LogP contribution in [0.3, 0.4) is 0 Å². The summed E-state index contributed by atoms with van der Waals surface area (Å²) in [4.78, 5) is 13.7. The molecule has 1 amide bonds. The van der Waals surface area contributed by atoms with Gasteiger partial charge in [0, 0.05) is 24.5 Å². The van der Waals surface area contributed by atoms with Gasteiger partial charge in [-0.1, -0.05) is 12.2 Å². The molecule has 1 aliphatic carbocycles. The van der Waals surface area contributed by atoms with Crippen molar-refractivity contribution in [3.8, 4) is 0 Å². The van der Waals surface area contributed by atoms with Gasteiger partial charge in [0.15, 0.2) is 0 Å². The number of carbonyl (C=O) groups excluding carboxylic acids is 1. The predicted molar refractivity (Wildman–Crippen MR) is 60.5 cm³/mol. The van der Waals surface area contributed by atoms with E-state index >= 15 is 0 Å². The van der Waals surface area contributed by atoms with E-state index in [1.54, 1.807) is 0 Å². The second-order valence-corrected chi connectivity index (χ2v) is 4.40. The molecule has 0 aromatic heterocycles. The van der Waals surface area contributed by atoms with Gasteiger partial charge in [0.2, 0.25) is 5.91 Å². The summed E-state index contributed by atoms with van der Waals surface area (Å²) >= 11 is 0. The van der Waals surface area contributed by atoms with Crippen molar-refractivity contribution >= 4 is 5.91 Å². The monoisotopic (exact) mass is 217 g/mol. The molecule has 0 spiro atoms. The molecular formula is C13H15NO2. The van der Waals surface area contributed by atoms with Crippen LogP contribution < -0.4 is 0 Å². The van der Waals surface area contributed by atoms with Crippen molar-refractivity contribution in [2.75, 3.05) is 13.2 Å². The quantitative estimate of drug-likeness (QED) is 0.668. The molecule has 2 aliphatic heterocycles. The maximum Gasteiger partial charge on any atom is 0.223 e. The van der Waals surface area contributed by atoms with E-state index in [0.29, 0.717) is 18.9 Å². The largest absolute Gasteiger partial charge is 0.489 e. The fourth-order valence-corrected chi connectivity index (χ4v) is 2.73. The Labute approximate surface area is 95.1 Å². The van der Waals surface area contributed by atoms with Crippen molar-refractivity contribution in [3.05, 3.63) is 35.6 Å². The number of fused-ring (bicyclic) bond motifs is 2. The molecule has 1 saturated heterocycles. The number of amides is 1. The number of hydrogen-bond acceptors (Lipinski definition) is 2. The molecule has 2 unspecified atom stereocenters. The molecule has 2 heterocycles. The van der Waals surface area contributed by atoms with E-state index in [-0.39, 0.29) is 11.9 Å². The molecule has 3 rings (SSSR count). The van der Waals surface area contributed by atoms with Crippen LogP contribution >= 0.6 is 0 Å². The van der Waals surface area contributed by atoms with E-state index in [9.17, 15) is 4.79 Å². The van der Waals surface area contributed by atoms with Crippen LogP contribution in [-0.4, -0.2) is 30.0 Å². The average molecular weight is 217 g/mol. The van der Waals surface area contributed by atoms with Gasteiger partial charge in [0.05, 0.1) is 6.04 Å². The first-order valence-electron chi connectivity index (χ1n) is 5.82. The smallest absolute Gasteiger partial charge is 0.223 e. The van der Waals surface area contributed by atoms with Crippen molar-refractivity contribution in [2.24, 2.45) is 5.92 Å². The van der Waals surface area contributed by atoms with Gasteiger partial charge in [0.1, 0.15) is 12.4 Å². The minimum Gasteiger partial charge on any atom is -0.489 e. The number of nitrogens with zero attached hydrogens (tertiary/aromatic N) is 1. The molecule has 0 saturated carbocycles. The lowest BCUT2D eigenvalue weighted by atomic mass is 9.90. The summed E-state index contributed by atoms with van der Waals surface area (Å²) < 4.78 is 5.57. The lowest BCUT2D eigenvalue weighted by Gasteiger charge is -2.29. The molecule has 0 bridgehead atoms. The maximum absolute atomic E-state index is 11.8. The molecule has 3 aliphatic rings. The van der Waals surface area contributed by atoms with Crippen LogP contribution in [0.4, 0.5) is 0 Å². The summed E-state index contributed by atoms with van der Waals surface area (Å²) in [6.07, 6.45) is 9.01. The number of hydrogen-bond donors (Lipinski definition) is 0. The highest BCUT2D eigenvalue weighted by Crippen LogP contribution is 2.36. The van der Waals surface area contributed by atoms with E-state index in [2.05, 4.69) is 18.2 Å². The first-order valence-corrected chi connectivity index (χ1v) is 5.82. The molecule has 0 N–H and O–H groups in total. The standard InChI is InChI=1S/C13H15NO2/c1-2-14-11-6-9-4-3-5-16-12(9)7-10(11)8-13(14)15/h3-4,6-7,10-11H,2,5,8H2,1H3.